The third kappa shape index (κ3) is 3.41. The van der Waals surface area contributed by atoms with E-state index in [1.54, 1.807) is 12.4 Å². The number of aromatic nitrogens is 4. The summed E-state index contributed by atoms with van der Waals surface area (Å²) >= 11 is 1.52. The van der Waals surface area contributed by atoms with E-state index in [-0.39, 0.29) is 0 Å². The van der Waals surface area contributed by atoms with Crippen molar-refractivity contribution in [1.82, 2.24) is 24.2 Å². The van der Waals surface area contributed by atoms with E-state index in [0.717, 1.165) is 55.7 Å². The zero-order valence-electron chi connectivity index (χ0n) is 13.1. The number of aryl methyl sites for hydroxylation is 1. The summed E-state index contributed by atoms with van der Waals surface area (Å²) in [5.74, 6) is 0.953. The van der Waals surface area contributed by atoms with E-state index in [2.05, 4.69) is 43.0 Å². The molecule has 0 spiro atoms. The molecule has 1 aliphatic heterocycles. The molecule has 0 N–H and O–H groups in total. The lowest BCUT2D eigenvalue weighted by atomic mass is 10.2. The molecule has 22 heavy (non-hydrogen) atoms. The minimum absolute atomic E-state index is 0.300. The van der Waals surface area contributed by atoms with Gasteiger partial charge in [-0.3, -0.25) is 14.9 Å². The van der Waals surface area contributed by atoms with Crippen LogP contribution in [0.5, 0.6) is 0 Å². The first-order valence-corrected chi connectivity index (χ1v) is 8.62. The number of hydrogen-bond acceptors (Lipinski definition) is 7. The lowest BCUT2D eigenvalue weighted by Crippen LogP contribution is -2.32. The fraction of sp³-hybridized carbons (Fsp3) is 0.600. The van der Waals surface area contributed by atoms with Crippen LogP contribution in [0.1, 0.15) is 37.8 Å². The highest BCUT2D eigenvalue weighted by Crippen LogP contribution is 2.23. The zero-order chi connectivity index (χ0) is 15.4. The first-order valence-electron chi connectivity index (χ1n) is 7.85. The van der Waals surface area contributed by atoms with Crippen LogP contribution in [0.15, 0.2) is 18.6 Å². The van der Waals surface area contributed by atoms with E-state index >= 15 is 0 Å². The Morgan fingerprint density at radius 1 is 1.23 bits per heavy atom. The van der Waals surface area contributed by atoms with Crippen molar-refractivity contribution < 1.29 is 0 Å². The Morgan fingerprint density at radius 3 is 2.86 bits per heavy atom. The molecule has 2 aromatic rings. The predicted octanol–water partition coefficient (Wildman–Crippen LogP) is 2.16. The average molecular weight is 318 g/mol. The van der Waals surface area contributed by atoms with Crippen LogP contribution < -0.4 is 4.90 Å². The van der Waals surface area contributed by atoms with Gasteiger partial charge in [0.05, 0.1) is 11.7 Å². The molecule has 1 fully saturated rings. The number of nitrogens with zero attached hydrogens (tertiary/aromatic N) is 6. The quantitative estimate of drug-likeness (QED) is 0.861. The SMILES string of the molecule is CCc1nsc(N2CCCN([C@@H](C)c3cnccn3)CC2)n1. The third-order valence-corrected chi connectivity index (χ3v) is 4.95. The van der Waals surface area contributed by atoms with Crippen LogP contribution in [-0.2, 0) is 6.42 Å². The Kier molecular flexibility index (Phi) is 4.94. The van der Waals surface area contributed by atoms with Crippen molar-refractivity contribution >= 4 is 16.7 Å². The van der Waals surface area contributed by atoms with Gasteiger partial charge in [-0.1, -0.05) is 6.92 Å². The number of rotatable bonds is 4. The van der Waals surface area contributed by atoms with Crippen LogP contribution in [-0.4, -0.2) is 50.4 Å². The fourth-order valence-corrected chi connectivity index (χ4v) is 3.55. The largest absolute Gasteiger partial charge is 0.346 e. The van der Waals surface area contributed by atoms with Gasteiger partial charge in [-0.2, -0.15) is 4.37 Å². The van der Waals surface area contributed by atoms with Crippen molar-refractivity contribution in [2.24, 2.45) is 0 Å². The van der Waals surface area contributed by atoms with Gasteiger partial charge in [-0.25, -0.2) is 4.98 Å². The molecule has 0 amide bonds. The molecule has 1 aliphatic rings. The second kappa shape index (κ2) is 7.11. The van der Waals surface area contributed by atoms with E-state index in [0.29, 0.717) is 6.04 Å². The predicted molar refractivity (Wildman–Crippen MR) is 88.1 cm³/mol. The second-order valence-corrected chi connectivity index (χ2v) is 6.26. The summed E-state index contributed by atoms with van der Waals surface area (Å²) in [6.07, 6.45) is 7.39. The van der Waals surface area contributed by atoms with Crippen molar-refractivity contribution in [3.05, 3.63) is 30.1 Å². The van der Waals surface area contributed by atoms with Crippen molar-refractivity contribution in [1.29, 1.82) is 0 Å². The summed E-state index contributed by atoms with van der Waals surface area (Å²) in [4.78, 5) is 18.1. The van der Waals surface area contributed by atoms with Gasteiger partial charge >= 0.3 is 0 Å². The number of anilines is 1. The maximum Gasteiger partial charge on any atom is 0.205 e. The summed E-state index contributed by atoms with van der Waals surface area (Å²) in [6.45, 7) is 8.43. The van der Waals surface area contributed by atoms with Gasteiger partial charge in [0.25, 0.3) is 0 Å². The van der Waals surface area contributed by atoms with E-state index in [1.165, 1.54) is 11.5 Å². The Hall–Kier alpha value is -1.60. The molecule has 6 nitrogen and oxygen atoms in total. The van der Waals surface area contributed by atoms with Crippen LogP contribution >= 0.6 is 11.5 Å². The minimum atomic E-state index is 0.300. The highest BCUT2D eigenvalue weighted by molar-refractivity contribution is 7.09. The lowest BCUT2D eigenvalue weighted by molar-refractivity contribution is 0.222. The summed E-state index contributed by atoms with van der Waals surface area (Å²) in [6, 6.07) is 0.300. The van der Waals surface area contributed by atoms with Crippen molar-refractivity contribution in [3.8, 4) is 0 Å². The van der Waals surface area contributed by atoms with Crippen LogP contribution in [0.25, 0.3) is 0 Å². The first-order chi connectivity index (χ1) is 10.8. The molecule has 3 rings (SSSR count). The minimum Gasteiger partial charge on any atom is -0.346 e. The van der Waals surface area contributed by atoms with Gasteiger partial charge in [0.1, 0.15) is 5.82 Å². The maximum atomic E-state index is 4.61. The average Bonchev–Trinajstić information content (AvgIpc) is 2.92. The Morgan fingerprint density at radius 2 is 2.14 bits per heavy atom. The molecule has 0 bridgehead atoms. The molecule has 0 aliphatic carbocycles. The van der Waals surface area contributed by atoms with Crippen molar-refractivity contribution in [2.45, 2.75) is 32.7 Å². The van der Waals surface area contributed by atoms with E-state index in [9.17, 15) is 0 Å². The molecular formula is C15H22N6S. The van der Waals surface area contributed by atoms with Crippen LogP contribution in [0.4, 0.5) is 5.13 Å². The molecule has 118 valence electrons. The van der Waals surface area contributed by atoms with Crippen molar-refractivity contribution in [2.75, 3.05) is 31.1 Å². The summed E-state index contributed by atoms with van der Waals surface area (Å²) in [5, 5.41) is 1.06. The Balaban J connectivity index is 1.64. The smallest absolute Gasteiger partial charge is 0.205 e. The molecule has 3 heterocycles. The van der Waals surface area contributed by atoms with Crippen molar-refractivity contribution in [3.63, 3.8) is 0 Å². The van der Waals surface area contributed by atoms with E-state index in [1.807, 2.05) is 6.20 Å². The Labute approximate surface area is 135 Å². The summed E-state index contributed by atoms with van der Waals surface area (Å²) < 4.78 is 4.40. The fourth-order valence-electron chi connectivity index (χ4n) is 2.75. The highest BCUT2D eigenvalue weighted by Gasteiger charge is 2.22. The lowest BCUT2D eigenvalue weighted by Gasteiger charge is -2.27. The summed E-state index contributed by atoms with van der Waals surface area (Å²) in [7, 11) is 0. The molecule has 0 aromatic carbocycles. The van der Waals surface area contributed by atoms with Gasteiger partial charge in [-0.05, 0) is 13.3 Å². The first kappa shape index (κ1) is 15.3. The highest BCUT2D eigenvalue weighted by atomic mass is 32.1. The Bertz CT molecular complexity index is 587. The molecular weight excluding hydrogens is 296 g/mol. The van der Waals surface area contributed by atoms with Gasteiger partial charge < -0.3 is 4.90 Å². The molecule has 7 heteroatoms. The second-order valence-electron chi connectivity index (χ2n) is 5.53. The summed E-state index contributed by atoms with van der Waals surface area (Å²) in [5.41, 5.74) is 1.04. The van der Waals surface area contributed by atoms with E-state index < -0.39 is 0 Å². The molecule has 1 atom stereocenters. The molecule has 2 aromatic heterocycles. The monoisotopic (exact) mass is 318 g/mol. The third-order valence-electron chi connectivity index (χ3n) is 4.13. The zero-order valence-corrected chi connectivity index (χ0v) is 14.0. The van der Waals surface area contributed by atoms with Gasteiger partial charge in [0, 0.05) is 62.7 Å². The van der Waals surface area contributed by atoms with Gasteiger partial charge in [-0.15, -0.1) is 0 Å². The standard InChI is InChI=1S/C15H22N6S/c1-3-14-18-15(22-19-14)21-8-4-7-20(9-10-21)12(2)13-11-16-5-6-17-13/h5-6,11-12H,3-4,7-10H2,1-2H3/t12-/m0/s1. The molecule has 0 unspecified atom stereocenters. The van der Waals surface area contributed by atoms with E-state index in [4.69, 9.17) is 0 Å². The molecule has 0 radical (unpaired) electrons. The molecule has 0 saturated carbocycles. The molecule has 1 saturated heterocycles. The van der Waals surface area contributed by atoms with Crippen LogP contribution in [0.2, 0.25) is 0 Å². The van der Waals surface area contributed by atoms with Crippen LogP contribution in [0.3, 0.4) is 0 Å². The normalized spacial score (nSPS) is 18.2. The maximum absolute atomic E-state index is 4.61. The van der Waals surface area contributed by atoms with Crippen LogP contribution in [0, 0.1) is 0 Å². The van der Waals surface area contributed by atoms with Gasteiger partial charge in [0.2, 0.25) is 5.13 Å². The topological polar surface area (TPSA) is 58.0 Å². The number of hydrogen-bond donors (Lipinski definition) is 0. The van der Waals surface area contributed by atoms with Gasteiger partial charge in [0.15, 0.2) is 0 Å².